The van der Waals surface area contributed by atoms with E-state index in [1.54, 1.807) is 36.5 Å². The predicted molar refractivity (Wildman–Crippen MR) is 69.3 cm³/mol. The molecule has 7 heteroatoms. The summed E-state index contributed by atoms with van der Waals surface area (Å²) in [5.41, 5.74) is 0.539. The second kappa shape index (κ2) is 6.37. The zero-order chi connectivity index (χ0) is 14.4. The van der Waals surface area contributed by atoms with Crippen LogP contribution in [0.4, 0.5) is 4.79 Å². The Hall–Kier alpha value is -2.83. The lowest BCUT2D eigenvalue weighted by molar-refractivity contribution is -0.139. The average molecular weight is 275 g/mol. The van der Waals surface area contributed by atoms with E-state index < -0.39 is 18.1 Å². The van der Waals surface area contributed by atoms with Gasteiger partial charge < -0.3 is 20.1 Å². The maximum atomic E-state index is 11.6. The molecule has 1 aromatic heterocycles. The lowest BCUT2D eigenvalue weighted by Crippen LogP contribution is -2.43. The SMILES string of the molecule is O=C(NC(Cc1c[nH]cn1)C(=O)O)Oc1ccccc1. The van der Waals surface area contributed by atoms with Crippen LogP contribution in [0.5, 0.6) is 5.75 Å². The van der Waals surface area contributed by atoms with E-state index in [1.807, 2.05) is 0 Å². The molecule has 3 N–H and O–H groups in total. The van der Waals surface area contributed by atoms with Gasteiger partial charge in [0.05, 0.1) is 12.0 Å². The van der Waals surface area contributed by atoms with Gasteiger partial charge in [-0.15, -0.1) is 0 Å². The van der Waals surface area contributed by atoms with Crippen LogP contribution in [0, 0.1) is 0 Å². The molecule has 1 aromatic carbocycles. The number of H-pyrrole nitrogens is 1. The first-order chi connectivity index (χ1) is 9.65. The van der Waals surface area contributed by atoms with Crippen LogP contribution in [0.2, 0.25) is 0 Å². The summed E-state index contributed by atoms with van der Waals surface area (Å²) in [6.45, 7) is 0. The third kappa shape index (κ3) is 3.84. The van der Waals surface area contributed by atoms with Crippen molar-refractivity contribution >= 4 is 12.1 Å². The quantitative estimate of drug-likeness (QED) is 0.760. The maximum Gasteiger partial charge on any atom is 0.413 e. The first kappa shape index (κ1) is 13.6. The van der Waals surface area contributed by atoms with E-state index >= 15 is 0 Å². The maximum absolute atomic E-state index is 11.6. The van der Waals surface area contributed by atoms with Gasteiger partial charge in [0.25, 0.3) is 0 Å². The number of imidazole rings is 1. The van der Waals surface area contributed by atoms with Gasteiger partial charge in [-0.3, -0.25) is 0 Å². The van der Waals surface area contributed by atoms with E-state index in [1.165, 1.54) is 6.33 Å². The average Bonchev–Trinajstić information content (AvgIpc) is 2.92. The molecule has 0 aliphatic carbocycles. The van der Waals surface area contributed by atoms with Crippen molar-refractivity contribution in [3.8, 4) is 5.75 Å². The lowest BCUT2D eigenvalue weighted by Gasteiger charge is -2.13. The molecule has 0 aliphatic heterocycles. The van der Waals surface area contributed by atoms with Crippen molar-refractivity contribution in [2.45, 2.75) is 12.5 Å². The zero-order valence-corrected chi connectivity index (χ0v) is 10.4. The number of benzene rings is 1. The van der Waals surface area contributed by atoms with E-state index in [9.17, 15) is 9.59 Å². The number of carbonyl (C=O) groups is 2. The van der Waals surface area contributed by atoms with Gasteiger partial charge in [0.2, 0.25) is 0 Å². The van der Waals surface area contributed by atoms with Crippen molar-refractivity contribution in [3.63, 3.8) is 0 Å². The van der Waals surface area contributed by atoms with Crippen LogP contribution < -0.4 is 10.1 Å². The van der Waals surface area contributed by atoms with E-state index in [0.29, 0.717) is 11.4 Å². The van der Waals surface area contributed by atoms with Crippen molar-refractivity contribution in [1.82, 2.24) is 15.3 Å². The van der Waals surface area contributed by atoms with E-state index in [-0.39, 0.29) is 6.42 Å². The Morgan fingerprint density at radius 2 is 2.10 bits per heavy atom. The van der Waals surface area contributed by atoms with E-state index in [4.69, 9.17) is 9.84 Å². The number of hydrogen-bond acceptors (Lipinski definition) is 4. The van der Waals surface area contributed by atoms with Gasteiger partial charge in [0.1, 0.15) is 11.8 Å². The minimum absolute atomic E-state index is 0.0721. The van der Waals surface area contributed by atoms with Crippen LogP contribution in [0.1, 0.15) is 5.69 Å². The Bertz CT molecular complexity index is 569. The molecule has 104 valence electrons. The number of hydrogen-bond donors (Lipinski definition) is 3. The molecule has 7 nitrogen and oxygen atoms in total. The Morgan fingerprint density at radius 3 is 2.70 bits per heavy atom. The van der Waals surface area contributed by atoms with Gasteiger partial charge in [-0.05, 0) is 12.1 Å². The van der Waals surface area contributed by atoms with Crippen LogP contribution in [0.15, 0.2) is 42.9 Å². The number of nitrogens with one attached hydrogen (secondary N) is 2. The largest absolute Gasteiger partial charge is 0.480 e. The number of rotatable bonds is 5. The molecule has 2 rings (SSSR count). The summed E-state index contributed by atoms with van der Waals surface area (Å²) in [7, 11) is 0. The fraction of sp³-hybridized carbons (Fsp3) is 0.154. The number of nitrogens with zero attached hydrogens (tertiary/aromatic N) is 1. The minimum Gasteiger partial charge on any atom is -0.480 e. The van der Waals surface area contributed by atoms with Crippen LogP contribution in [-0.2, 0) is 11.2 Å². The highest BCUT2D eigenvalue weighted by Gasteiger charge is 2.22. The number of aromatic nitrogens is 2. The number of carboxylic acid groups (broad SMARTS) is 1. The van der Waals surface area contributed by atoms with Gasteiger partial charge in [-0.25, -0.2) is 14.6 Å². The first-order valence-electron chi connectivity index (χ1n) is 5.89. The molecule has 1 heterocycles. The van der Waals surface area contributed by atoms with Crippen molar-refractivity contribution in [3.05, 3.63) is 48.5 Å². The van der Waals surface area contributed by atoms with Crippen LogP contribution in [-0.4, -0.2) is 33.2 Å². The van der Waals surface area contributed by atoms with Crippen LogP contribution >= 0.6 is 0 Å². The van der Waals surface area contributed by atoms with Gasteiger partial charge in [0.15, 0.2) is 0 Å². The smallest absolute Gasteiger partial charge is 0.413 e. The summed E-state index contributed by atoms with van der Waals surface area (Å²) in [6.07, 6.45) is 2.26. The minimum atomic E-state index is -1.15. The second-order valence-electron chi connectivity index (χ2n) is 4.00. The molecule has 0 bridgehead atoms. The molecule has 1 atom stereocenters. The zero-order valence-electron chi connectivity index (χ0n) is 10.4. The molecule has 1 amide bonds. The number of carboxylic acids is 1. The van der Waals surface area contributed by atoms with E-state index in [0.717, 1.165) is 0 Å². The predicted octanol–water partition coefficient (Wildman–Crippen LogP) is 1.19. The summed E-state index contributed by atoms with van der Waals surface area (Å²) in [5, 5.41) is 11.4. The standard InChI is InChI=1S/C13H13N3O4/c17-12(18)11(6-9-7-14-8-15-9)16-13(19)20-10-4-2-1-3-5-10/h1-5,7-8,11H,6H2,(H,14,15)(H,16,19)(H,17,18). The van der Waals surface area contributed by atoms with Gasteiger partial charge in [-0.1, -0.05) is 18.2 Å². The Morgan fingerprint density at radius 1 is 1.35 bits per heavy atom. The molecule has 0 spiro atoms. The summed E-state index contributed by atoms with van der Waals surface area (Å²) < 4.78 is 4.97. The molecule has 0 fully saturated rings. The van der Waals surface area contributed by atoms with Crippen LogP contribution in [0.3, 0.4) is 0 Å². The second-order valence-corrected chi connectivity index (χ2v) is 4.00. The number of amides is 1. The molecule has 2 aromatic rings. The Kier molecular flexibility index (Phi) is 4.33. The molecular formula is C13H13N3O4. The fourth-order valence-corrected chi connectivity index (χ4v) is 1.58. The van der Waals surface area contributed by atoms with Crippen molar-refractivity contribution in [2.24, 2.45) is 0 Å². The number of carbonyl (C=O) groups excluding carboxylic acids is 1. The normalized spacial score (nSPS) is 11.6. The molecule has 1 unspecified atom stereocenters. The number of aliphatic carboxylic acids is 1. The van der Waals surface area contributed by atoms with Crippen molar-refractivity contribution < 1.29 is 19.4 Å². The van der Waals surface area contributed by atoms with Gasteiger partial charge >= 0.3 is 12.1 Å². The van der Waals surface area contributed by atoms with Crippen molar-refractivity contribution in [1.29, 1.82) is 0 Å². The highest BCUT2D eigenvalue weighted by molar-refractivity contribution is 5.81. The summed E-state index contributed by atoms with van der Waals surface area (Å²) in [5.74, 6) is -0.813. The number of aromatic amines is 1. The number of ether oxygens (including phenoxy) is 1. The molecule has 20 heavy (non-hydrogen) atoms. The summed E-state index contributed by atoms with van der Waals surface area (Å²) in [6, 6.07) is 7.30. The van der Waals surface area contributed by atoms with Gasteiger partial charge in [-0.2, -0.15) is 0 Å². The van der Waals surface area contributed by atoms with Crippen molar-refractivity contribution in [2.75, 3.05) is 0 Å². The first-order valence-corrected chi connectivity index (χ1v) is 5.89. The summed E-state index contributed by atoms with van der Waals surface area (Å²) in [4.78, 5) is 29.4. The number of para-hydroxylation sites is 1. The fourth-order valence-electron chi connectivity index (χ4n) is 1.58. The third-order valence-corrected chi connectivity index (χ3v) is 2.51. The van der Waals surface area contributed by atoms with Crippen LogP contribution in [0.25, 0.3) is 0 Å². The van der Waals surface area contributed by atoms with E-state index in [2.05, 4.69) is 15.3 Å². The Labute approximate surface area is 114 Å². The molecule has 0 radical (unpaired) electrons. The molecule has 0 aliphatic rings. The summed E-state index contributed by atoms with van der Waals surface area (Å²) >= 11 is 0. The molecular weight excluding hydrogens is 262 g/mol. The molecule has 0 saturated heterocycles. The molecule has 0 saturated carbocycles. The topological polar surface area (TPSA) is 104 Å². The monoisotopic (exact) mass is 275 g/mol. The Balaban J connectivity index is 1.94. The lowest BCUT2D eigenvalue weighted by atomic mass is 10.2. The van der Waals surface area contributed by atoms with Gasteiger partial charge in [0, 0.05) is 12.6 Å². The highest BCUT2D eigenvalue weighted by Crippen LogP contribution is 2.08. The third-order valence-electron chi connectivity index (χ3n) is 2.51. The highest BCUT2D eigenvalue weighted by atomic mass is 16.6.